The third kappa shape index (κ3) is 4.84. The molecular formula is C15H17N3O5S2. The van der Waals surface area contributed by atoms with Crippen molar-refractivity contribution in [1.82, 2.24) is 4.98 Å². The summed E-state index contributed by atoms with van der Waals surface area (Å²) in [6, 6.07) is 5.32. The molecule has 1 heterocycles. The number of benzene rings is 1. The highest BCUT2D eigenvalue weighted by Gasteiger charge is 2.22. The lowest BCUT2D eigenvalue weighted by atomic mass is 10.3. The molecule has 0 radical (unpaired) electrons. The van der Waals surface area contributed by atoms with Crippen LogP contribution in [0.5, 0.6) is 0 Å². The number of nitrogens with zero attached hydrogens (tertiary/aromatic N) is 1. The minimum Gasteiger partial charge on any atom is -0.448 e. The highest BCUT2D eigenvalue weighted by Crippen LogP contribution is 2.19. The Morgan fingerprint density at radius 1 is 1.24 bits per heavy atom. The predicted molar refractivity (Wildman–Crippen MR) is 92.9 cm³/mol. The first kappa shape index (κ1) is 19.0. The van der Waals surface area contributed by atoms with Crippen molar-refractivity contribution < 1.29 is 22.7 Å². The maximum absolute atomic E-state index is 12.1. The topological polar surface area (TPSA) is 128 Å². The molecule has 0 fully saturated rings. The molecule has 1 atom stereocenters. The number of nitrogens with two attached hydrogens (primary N) is 1. The van der Waals surface area contributed by atoms with Crippen molar-refractivity contribution in [3.63, 3.8) is 0 Å². The van der Waals surface area contributed by atoms with Crippen molar-refractivity contribution in [1.29, 1.82) is 0 Å². The molecule has 1 amide bonds. The van der Waals surface area contributed by atoms with E-state index in [1.807, 2.05) is 0 Å². The maximum atomic E-state index is 12.1. The first-order valence-corrected chi connectivity index (χ1v) is 9.53. The van der Waals surface area contributed by atoms with Gasteiger partial charge >= 0.3 is 5.97 Å². The van der Waals surface area contributed by atoms with Crippen molar-refractivity contribution in [3.8, 4) is 0 Å². The highest BCUT2D eigenvalue weighted by molar-refractivity contribution is 7.89. The zero-order chi connectivity index (χ0) is 18.8. The Bertz CT molecular complexity index is 904. The van der Waals surface area contributed by atoms with E-state index >= 15 is 0 Å². The Morgan fingerprint density at radius 2 is 1.84 bits per heavy atom. The van der Waals surface area contributed by atoms with E-state index in [4.69, 9.17) is 9.88 Å². The van der Waals surface area contributed by atoms with Crippen LogP contribution in [0.1, 0.15) is 27.3 Å². The van der Waals surface area contributed by atoms with Gasteiger partial charge in [0.25, 0.3) is 5.91 Å². The Hall–Kier alpha value is -2.30. The summed E-state index contributed by atoms with van der Waals surface area (Å²) in [5.74, 6) is -1.16. The van der Waals surface area contributed by atoms with Crippen LogP contribution in [0.15, 0.2) is 29.2 Å². The molecule has 0 unspecified atom stereocenters. The molecule has 0 aliphatic carbocycles. The average molecular weight is 383 g/mol. The number of aryl methyl sites for hydroxylation is 2. The van der Waals surface area contributed by atoms with E-state index in [1.54, 1.807) is 13.8 Å². The fourth-order valence-electron chi connectivity index (χ4n) is 1.96. The van der Waals surface area contributed by atoms with Gasteiger partial charge in [-0.25, -0.2) is 23.3 Å². The molecule has 3 N–H and O–H groups in total. The van der Waals surface area contributed by atoms with Crippen molar-refractivity contribution in [3.05, 3.63) is 39.8 Å². The summed E-state index contributed by atoms with van der Waals surface area (Å²) in [6.07, 6.45) is -1.03. The largest absolute Gasteiger partial charge is 0.448 e. The number of ether oxygens (including phenoxy) is 1. The Balaban J connectivity index is 2.00. The van der Waals surface area contributed by atoms with E-state index in [0.29, 0.717) is 16.3 Å². The number of carbonyl (C=O) groups excluding carboxylic acids is 2. The normalized spacial score (nSPS) is 12.5. The van der Waals surface area contributed by atoms with Crippen LogP contribution >= 0.6 is 11.3 Å². The molecule has 0 saturated carbocycles. The van der Waals surface area contributed by atoms with Gasteiger partial charge in [0.05, 0.1) is 15.6 Å². The molecule has 0 aliphatic rings. The molecule has 134 valence electrons. The second kappa shape index (κ2) is 7.30. The molecule has 1 aromatic carbocycles. The number of aromatic nitrogens is 1. The maximum Gasteiger partial charge on any atom is 0.351 e. The fourth-order valence-corrected chi connectivity index (χ4v) is 3.28. The second-order valence-corrected chi connectivity index (χ2v) is 8.02. The monoisotopic (exact) mass is 383 g/mol. The molecule has 25 heavy (non-hydrogen) atoms. The van der Waals surface area contributed by atoms with Gasteiger partial charge in [0.15, 0.2) is 6.10 Å². The smallest absolute Gasteiger partial charge is 0.351 e. The van der Waals surface area contributed by atoms with Gasteiger partial charge in [-0.2, -0.15) is 0 Å². The van der Waals surface area contributed by atoms with Gasteiger partial charge in [0.2, 0.25) is 10.0 Å². The molecule has 2 aromatic rings. The van der Waals surface area contributed by atoms with E-state index in [9.17, 15) is 18.0 Å². The average Bonchev–Trinajstić information content (AvgIpc) is 2.85. The second-order valence-electron chi connectivity index (χ2n) is 5.25. The summed E-state index contributed by atoms with van der Waals surface area (Å²) in [7, 11) is -3.80. The van der Waals surface area contributed by atoms with Crippen molar-refractivity contribution in [2.24, 2.45) is 5.14 Å². The van der Waals surface area contributed by atoms with Crippen LogP contribution in [-0.2, 0) is 19.6 Å². The number of sulfonamides is 1. The molecule has 1 aromatic heterocycles. The summed E-state index contributed by atoms with van der Waals surface area (Å²) < 4.78 is 27.5. The van der Waals surface area contributed by atoms with Gasteiger partial charge in [-0.1, -0.05) is 0 Å². The number of hydrogen-bond donors (Lipinski definition) is 2. The highest BCUT2D eigenvalue weighted by atomic mass is 32.2. The van der Waals surface area contributed by atoms with Gasteiger partial charge in [-0.15, -0.1) is 11.3 Å². The standard InChI is InChI=1S/C15H17N3O5S2/c1-8-13(24-10(3)17-8)15(20)23-9(2)14(19)18-11-4-6-12(7-5-11)25(16,21)22/h4-7,9H,1-3H3,(H,18,19)(H2,16,21,22)/t9-/m0/s1. The number of nitrogens with one attached hydrogen (secondary N) is 1. The molecular weight excluding hydrogens is 366 g/mol. The molecule has 0 saturated heterocycles. The van der Waals surface area contributed by atoms with Crippen LogP contribution in [-0.4, -0.2) is 31.4 Å². The number of primary sulfonamides is 1. The zero-order valence-electron chi connectivity index (χ0n) is 13.8. The third-order valence-corrected chi connectivity index (χ3v) is 5.17. The molecule has 2 rings (SSSR count). The summed E-state index contributed by atoms with van der Waals surface area (Å²) in [4.78, 5) is 28.6. The number of amides is 1. The van der Waals surface area contributed by atoms with Crippen LogP contribution in [0.3, 0.4) is 0 Å². The molecule has 0 spiro atoms. The Morgan fingerprint density at radius 3 is 2.32 bits per heavy atom. The van der Waals surface area contributed by atoms with Crippen LogP contribution in [0.4, 0.5) is 5.69 Å². The Kier molecular flexibility index (Phi) is 5.55. The van der Waals surface area contributed by atoms with Gasteiger partial charge in [0, 0.05) is 5.69 Å². The van der Waals surface area contributed by atoms with E-state index in [0.717, 1.165) is 5.01 Å². The van der Waals surface area contributed by atoms with E-state index < -0.39 is 28.0 Å². The Labute approximate surface area is 149 Å². The van der Waals surface area contributed by atoms with Crippen LogP contribution in [0, 0.1) is 13.8 Å². The zero-order valence-corrected chi connectivity index (χ0v) is 15.4. The SMILES string of the molecule is Cc1nc(C)c(C(=O)O[C@@H](C)C(=O)Nc2ccc(S(N)(=O)=O)cc2)s1. The lowest BCUT2D eigenvalue weighted by Gasteiger charge is -2.13. The number of thiazole rings is 1. The quantitative estimate of drug-likeness (QED) is 0.755. The van der Waals surface area contributed by atoms with Crippen LogP contribution in [0.25, 0.3) is 0 Å². The minimum atomic E-state index is -3.80. The van der Waals surface area contributed by atoms with Crippen LogP contribution < -0.4 is 10.5 Å². The molecule has 10 heteroatoms. The van der Waals surface area contributed by atoms with Crippen molar-refractivity contribution in [2.45, 2.75) is 31.8 Å². The summed E-state index contributed by atoms with van der Waals surface area (Å²) in [6.45, 7) is 4.91. The van der Waals surface area contributed by atoms with Gasteiger partial charge in [0.1, 0.15) is 4.88 Å². The number of anilines is 1. The number of carbonyl (C=O) groups is 2. The van der Waals surface area contributed by atoms with E-state index in [1.165, 1.54) is 42.5 Å². The summed E-state index contributed by atoms with van der Waals surface area (Å²) >= 11 is 1.20. The van der Waals surface area contributed by atoms with Gasteiger partial charge in [-0.3, -0.25) is 4.79 Å². The van der Waals surface area contributed by atoms with Gasteiger partial charge in [-0.05, 0) is 45.0 Å². The first-order valence-electron chi connectivity index (χ1n) is 7.16. The molecule has 0 aliphatic heterocycles. The lowest BCUT2D eigenvalue weighted by molar-refractivity contribution is -0.123. The molecule has 8 nitrogen and oxygen atoms in total. The van der Waals surface area contributed by atoms with Crippen molar-refractivity contribution in [2.75, 3.05) is 5.32 Å². The van der Waals surface area contributed by atoms with E-state index in [2.05, 4.69) is 10.3 Å². The molecule has 0 bridgehead atoms. The fraction of sp³-hybridized carbons (Fsp3) is 0.267. The number of hydrogen-bond acceptors (Lipinski definition) is 7. The predicted octanol–water partition coefficient (Wildman–Crippen LogP) is 1.59. The third-order valence-electron chi connectivity index (χ3n) is 3.19. The van der Waals surface area contributed by atoms with E-state index in [-0.39, 0.29) is 4.90 Å². The number of rotatable bonds is 5. The minimum absolute atomic E-state index is 0.0685. The lowest BCUT2D eigenvalue weighted by Crippen LogP contribution is -2.30. The van der Waals surface area contributed by atoms with Crippen molar-refractivity contribution >= 4 is 38.9 Å². The summed E-state index contributed by atoms with van der Waals surface area (Å²) in [5, 5.41) is 8.27. The van der Waals surface area contributed by atoms with Gasteiger partial charge < -0.3 is 10.1 Å². The first-order chi connectivity index (χ1) is 11.6. The summed E-state index contributed by atoms with van der Waals surface area (Å²) in [5.41, 5.74) is 0.906. The van der Waals surface area contributed by atoms with Crippen LogP contribution in [0.2, 0.25) is 0 Å². The number of esters is 1.